The maximum Gasteiger partial charge on any atom is 0.243 e. The minimum Gasteiger partial charge on any atom is -0.379 e. The third kappa shape index (κ3) is 4.98. The van der Waals surface area contributed by atoms with E-state index in [-0.39, 0.29) is 16.8 Å². The Hall–Kier alpha value is -1.69. The molecule has 0 N–H and O–H groups in total. The highest BCUT2D eigenvalue weighted by molar-refractivity contribution is 7.98. The van der Waals surface area contributed by atoms with Gasteiger partial charge in [0.2, 0.25) is 10.0 Å². The lowest BCUT2D eigenvalue weighted by Gasteiger charge is -2.26. The molecule has 7 nitrogen and oxygen atoms in total. The van der Waals surface area contributed by atoms with Gasteiger partial charge in [0.1, 0.15) is 5.82 Å². The molecular weight excluding hydrogens is 501 g/mol. The second-order valence-electron chi connectivity index (χ2n) is 8.33. The van der Waals surface area contributed by atoms with Gasteiger partial charge in [-0.2, -0.15) is 4.31 Å². The Kier molecular flexibility index (Phi) is 7.15. The van der Waals surface area contributed by atoms with Crippen LogP contribution >= 0.6 is 23.4 Å². The van der Waals surface area contributed by atoms with Gasteiger partial charge in [-0.05, 0) is 48.7 Å². The summed E-state index contributed by atoms with van der Waals surface area (Å²) in [5.41, 5.74) is 1.95. The average molecular weight is 526 g/mol. The molecule has 2 aliphatic rings. The van der Waals surface area contributed by atoms with Crippen LogP contribution < -0.4 is 0 Å². The van der Waals surface area contributed by atoms with E-state index in [1.54, 1.807) is 30.3 Å². The number of imidazole rings is 1. The first kappa shape index (κ1) is 24.0. The van der Waals surface area contributed by atoms with E-state index in [0.717, 1.165) is 25.0 Å². The molecule has 0 saturated carbocycles. The lowest BCUT2D eigenvalue weighted by molar-refractivity contribution is 0.0730. The highest BCUT2D eigenvalue weighted by atomic mass is 35.5. The number of aromatic nitrogens is 2. The van der Waals surface area contributed by atoms with Crippen molar-refractivity contribution in [2.24, 2.45) is 0 Å². The fourth-order valence-electron chi connectivity index (χ4n) is 4.24. The van der Waals surface area contributed by atoms with Crippen molar-refractivity contribution in [1.29, 1.82) is 0 Å². The Morgan fingerprint density at radius 3 is 2.71 bits per heavy atom. The van der Waals surface area contributed by atoms with E-state index in [0.29, 0.717) is 59.9 Å². The quantitative estimate of drug-likeness (QED) is 0.428. The number of ether oxygens (including phenoxy) is 2. The summed E-state index contributed by atoms with van der Waals surface area (Å²) >= 11 is 7.29. The van der Waals surface area contributed by atoms with Crippen molar-refractivity contribution >= 4 is 44.4 Å². The number of rotatable bonds is 7. The van der Waals surface area contributed by atoms with E-state index in [9.17, 15) is 12.8 Å². The maximum atomic E-state index is 14.3. The number of morpholine rings is 1. The summed E-state index contributed by atoms with van der Waals surface area (Å²) in [5.74, 6) is 0.0113. The molecule has 2 fully saturated rings. The van der Waals surface area contributed by atoms with Crippen LogP contribution in [0.2, 0.25) is 5.02 Å². The summed E-state index contributed by atoms with van der Waals surface area (Å²) in [6, 6.07) is 9.70. The van der Waals surface area contributed by atoms with Crippen LogP contribution in [0.3, 0.4) is 0 Å². The van der Waals surface area contributed by atoms with Crippen molar-refractivity contribution in [3.8, 4) is 0 Å². The number of fused-ring (bicyclic) bond motifs is 1. The van der Waals surface area contributed by atoms with Gasteiger partial charge in [0.15, 0.2) is 5.16 Å². The first-order valence-corrected chi connectivity index (χ1v) is 14.0. The molecule has 3 heterocycles. The standard InChI is InChI=1S/C23H25ClFN3O4S2/c24-17-4-3-16(20(25)12-17)15-33-23-26-21-13-19(34(29,30)27-7-10-31-11-8-27)5-6-22(21)28(23)14-18-2-1-9-32-18/h3-6,12-13,18H,1-2,7-11,14-15H2/t18-/m0/s1. The Labute approximate surface area is 207 Å². The van der Waals surface area contributed by atoms with Crippen molar-refractivity contribution in [3.05, 3.63) is 52.8 Å². The van der Waals surface area contributed by atoms with Gasteiger partial charge in [0.25, 0.3) is 0 Å². The first-order valence-electron chi connectivity index (χ1n) is 11.2. The highest BCUT2D eigenvalue weighted by Crippen LogP contribution is 2.31. The monoisotopic (exact) mass is 525 g/mol. The van der Waals surface area contributed by atoms with Gasteiger partial charge in [-0.25, -0.2) is 17.8 Å². The van der Waals surface area contributed by atoms with Crippen molar-refractivity contribution in [1.82, 2.24) is 13.9 Å². The molecule has 0 radical (unpaired) electrons. The van der Waals surface area contributed by atoms with Gasteiger partial charge in [-0.1, -0.05) is 29.4 Å². The molecule has 1 aromatic heterocycles. The summed E-state index contributed by atoms with van der Waals surface area (Å²) in [6.45, 7) is 2.79. The Morgan fingerprint density at radius 1 is 1.15 bits per heavy atom. The first-order chi connectivity index (χ1) is 16.4. The molecule has 0 amide bonds. The van der Waals surface area contributed by atoms with Gasteiger partial charge < -0.3 is 14.0 Å². The van der Waals surface area contributed by atoms with E-state index in [2.05, 4.69) is 4.57 Å². The molecular formula is C23H25ClFN3O4S2. The van der Waals surface area contributed by atoms with Crippen LogP contribution in [0.5, 0.6) is 0 Å². The van der Waals surface area contributed by atoms with Crippen molar-refractivity contribution < 1.29 is 22.3 Å². The summed E-state index contributed by atoms with van der Waals surface area (Å²) < 4.78 is 55.2. The molecule has 34 heavy (non-hydrogen) atoms. The lowest BCUT2D eigenvalue weighted by atomic mass is 10.2. The van der Waals surface area contributed by atoms with Crippen LogP contribution in [0, 0.1) is 5.82 Å². The fourth-order valence-corrected chi connectivity index (χ4v) is 6.84. The molecule has 0 unspecified atom stereocenters. The van der Waals surface area contributed by atoms with Gasteiger partial charge in [-0.3, -0.25) is 0 Å². The van der Waals surface area contributed by atoms with Crippen LogP contribution in [0.4, 0.5) is 4.39 Å². The summed E-state index contributed by atoms with van der Waals surface area (Å²) in [5, 5.41) is 1.05. The predicted octanol–water partition coefficient (Wildman–Crippen LogP) is 4.32. The predicted molar refractivity (Wildman–Crippen MR) is 129 cm³/mol. The lowest BCUT2D eigenvalue weighted by Crippen LogP contribution is -2.40. The van der Waals surface area contributed by atoms with Gasteiger partial charge in [0, 0.05) is 30.5 Å². The van der Waals surface area contributed by atoms with Gasteiger partial charge in [0.05, 0.1) is 41.8 Å². The zero-order valence-electron chi connectivity index (χ0n) is 18.5. The third-order valence-corrected chi connectivity index (χ3v) is 9.23. The van der Waals surface area contributed by atoms with Crippen LogP contribution in [0.15, 0.2) is 46.5 Å². The van der Waals surface area contributed by atoms with Crippen LogP contribution in [0.25, 0.3) is 11.0 Å². The van der Waals surface area contributed by atoms with E-state index < -0.39 is 10.0 Å². The van der Waals surface area contributed by atoms with Crippen LogP contribution in [-0.2, 0) is 31.8 Å². The van der Waals surface area contributed by atoms with E-state index in [4.69, 9.17) is 26.1 Å². The smallest absolute Gasteiger partial charge is 0.243 e. The number of halogens is 2. The van der Waals surface area contributed by atoms with E-state index in [1.807, 2.05) is 0 Å². The number of benzene rings is 2. The summed E-state index contributed by atoms with van der Waals surface area (Å²) in [6.07, 6.45) is 2.04. The molecule has 0 bridgehead atoms. The summed E-state index contributed by atoms with van der Waals surface area (Å²) in [7, 11) is -3.63. The molecule has 5 rings (SSSR count). The molecule has 2 aromatic carbocycles. The average Bonchev–Trinajstić information content (AvgIpc) is 3.47. The molecule has 2 saturated heterocycles. The number of nitrogens with zero attached hydrogens (tertiary/aromatic N) is 3. The van der Waals surface area contributed by atoms with Crippen molar-refractivity contribution in [3.63, 3.8) is 0 Å². The molecule has 0 spiro atoms. The molecule has 182 valence electrons. The van der Waals surface area contributed by atoms with E-state index in [1.165, 1.54) is 22.1 Å². The van der Waals surface area contributed by atoms with Gasteiger partial charge in [-0.15, -0.1) is 0 Å². The number of thioether (sulfide) groups is 1. The van der Waals surface area contributed by atoms with Crippen molar-refractivity contribution in [2.75, 3.05) is 32.9 Å². The molecule has 11 heteroatoms. The Morgan fingerprint density at radius 2 is 1.97 bits per heavy atom. The zero-order chi connectivity index (χ0) is 23.7. The molecule has 0 aliphatic carbocycles. The minimum absolute atomic E-state index is 0.0702. The van der Waals surface area contributed by atoms with Crippen LogP contribution in [-0.4, -0.2) is 61.3 Å². The Balaban J connectivity index is 1.47. The zero-order valence-corrected chi connectivity index (χ0v) is 20.8. The SMILES string of the molecule is O=S(=O)(c1ccc2c(c1)nc(SCc1ccc(Cl)cc1F)n2C[C@@H]1CCCO1)N1CCOCC1. The largest absolute Gasteiger partial charge is 0.379 e. The number of hydrogen-bond acceptors (Lipinski definition) is 6. The van der Waals surface area contributed by atoms with Gasteiger partial charge >= 0.3 is 0 Å². The second-order valence-corrected chi connectivity index (χ2v) is 11.6. The maximum absolute atomic E-state index is 14.3. The molecule has 1 atom stereocenters. The number of hydrogen-bond donors (Lipinski definition) is 0. The second kappa shape index (κ2) is 10.1. The highest BCUT2D eigenvalue weighted by Gasteiger charge is 2.28. The summed E-state index contributed by atoms with van der Waals surface area (Å²) in [4.78, 5) is 4.96. The fraction of sp³-hybridized carbons (Fsp3) is 0.435. The van der Waals surface area contributed by atoms with Crippen LogP contribution in [0.1, 0.15) is 18.4 Å². The third-order valence-electron chi connectivity index (χ3n) is 6.07. The van der Waals surface area contributed by atoms with E-state index >= 15 is 0 Å². The topological polar surface area (TPSA) is 73.7 Å². The normalized spacial score (nSPS) is 19.8. The van der Waals surface area contributed by atoms with Crippen molar-refractivity contribution in [2.45, 2.75) is 41.3 Å². The minimum atomic E-state index is -3.63. The number of sulfonamides is 1. The molecule has 3 aromatic rings. The molecule has 2 aliphatic heterocycles. The Bertz CT molecular complexity index is 1290.